The van der Waals surface area contributed by atoms with Gasteiger partial charge >= 0.3 is 0 Å². The molecule has 1 nitrogen and oxygen atoms in total. The molecule has 18 heavy (non-hydrogen) atoms. The lowest BCUT2D eigenvalue weighted by Gasteiger charge is -2.12. The second-order valence-corrected chi connectivity index (χ2v) is 5.11. The Balaban J connectivity index is 2.15. The highest BCUT2D eigenvalue weighted by Gasteiger charge is 2.07. The van der Waals surface area contributed by atoms with Gasteiger partial charge in [0.05, 0.1) is 5.02 Å². The van der Waals surface area contributed by atoms with Gasteiger partial charge in [0, 0.05) is 10.9 Å². The van der Waals surface area contributed by atoms with E-state index in [1.165, 1.54) is 5.56 Å². The number of benzene rings is 2. The molecule has 0 aliphatic rings. The van der Waals surface area contributed by atoms with Crippen LogP contribution in [0.25, 0.3) is 0 Å². The van der Waals surface area contributed by atoms with Crippen LogP contribution in [0.1, 0.15) is 16.7 Å². The summed E-state index contributed by atoms with van der Waals surface area (Å²) in [7, 11) is 0. The number of hydrogen-bond acceptors (Lipinski definition) is 1. The lowest BCUT2D eigenvalue weighted by molar-refractivity contribution is 0.304. The third-order valence-corrected chi connectivity index (χ3v) is 3.56. The summed E-state index contributed by atoms with van der Waals surface area (Å²) >= 11 is 9.60. The number of rotatable bonds is 4. The van der Waals surface area contributed by atoms with Crippen molar-refractivity contribution in [3.8, 4) is 5.75 Å². The Labute approximate surface area is 121 Å². The molecule has 0 heterocycles. The second-order valence-electron chi connectivity index (χ2n) is 4.14. The van der Waals surface area contributed by atoms with Gasteiger partial charge in [0.25, 0.3) is 0 Å². The zero-order valence-corrected chi connectivity index (χ0v) is 12.5. The lowest BCUT2D eigenvalue weighted by atomic mass is 10.1. The highest BCUT2D eigenvalue weighted by Crippen LogP contribution is 2.30. The molecule has 2 aromatic carbocycles. The quantitative estimate of drug-likeness (QED) is 0.709. The summed E-state index contributed by atoms with van der Waals surface area (Å²) in [5, 5.41) is 1.39. The number of hydrogen-bond donors (Lipinski definition) is 0. The van der Waals surface area contributed by atoms with Crippen molar-refractivity contribution in [2.45, 2.75) is 18.9 Å². The van der Waals surface area contributed by atoms with E-state index < -0.39 is 0 Å². The van der Waals surface area contributed by atoms with Crippen LogP contribution in [0.2, 0.25) is 5.02 Å². The van der Waals surface area contributed by atoms with Gasteiger partial charge in [0.1, 0.15) is 12.4 Å². The molecule has 0 spiro atoms. The number of para-hydroxylation sites is 1. The summed E-state index contributed by atoms with van der Waals surface area (Å²) in [5.74, 6) is 0.762. The van der Waals surface area contributed by atoms with Crippen LogP contribution in [-0.4, -0.2) is 0 Å². The molecule has 0 aliphatic heterocycles. The first kappa shape index (κ1) is 13.4. The normalized spacial score (nSPS) is 10.4. The molecule has 94 valence electrons. The van der Waals surface area contributed by atoms with Crippen LogP contribution in [-0.2, 0) is 11.9 Å². The molecule has 0 saturated heterocycles. The molecule has 0 unspecified atom stereocenters. The fraction of sp³-hybridized carbons (Fsp3) is 0.200. The summed E-state index contributed by atoms with van der Waals surface area (Å²) in [4.78, 5) is 0. The standard InChI is InChI=1S/C15H14BrClO/c1-11-4-2-5-12(8-11)10-18-15-13(9-16)6-3-7-14(15)17/h2-8H,9-10H2,1H3. The average Bonchev–Trinajstić information content (AvgIpc) is 2.37. The van der Waals surface area contributed by atoms with Crippen molar-refractivity contribution in [2.24, 2.45) is 0 Å². The van der Waals surface area contributed by atoms with Crippen molar-refractivity contribution in [1.29, 1.82) is 0 Å². The maximum atomic E-state index is 6.16. The molecule has 0 amide bonds. The van der Waals surface area contributed by atoms with Crippen LogP contribution < -0.4 is 4.74 Å². The molecule has 0 saturated carbocycles. The van der Waals surface area contributed by atoms with Crippen molar-refractivity contribution in [1.82, 2.24) is 0 Å². The van der Waals surface area contributed by atoms with E-state index in [0.717, 1.165) is 22.2 Å². The highest BCUT2D eigenvalue weighted by atomic mass is 79.9. The van der Waals surface area contributed by atoms with Gasteiger partial charge in [-0.15, -0.1) is 0 Å². The van der Waals surface area contributed by atoms with Crippen LogP contribution >= 0.6 is 27.5 Å². The fourth-order valence-electron chi connectivity index (χ4n) is 1.78. The lowest BCUT2D eigenvalue weighted by Crippen LogP contribution is -1.98. The largest absolute Gasteiger partial charge is 0.487 e. The van der Waals surface area contributed by atoms with Crippen molar-refractivity contribution in [3.63, 3.8) is 0 Å². The summed E-state index contributed by atoms with van der Waals surface area (Å²) < 4.78 is 5.84. The predicted molar refractivity (Wildman–Crippen MR) is 79.6 cm³/mol. The Hall–Kier alpha value is -0.990. The first-order chi connectivity index (χ1) is 8.70. The van der Waals surface area contributed by atoms with Crippen LogP contribution in [0.4, 0.5) is 0 Å². The van der Waals surface area contributed by atoms with E-state index in [1.807, 2.05) is 24.3 Å². The Morgan fingerprint density at radius 2 is 1.94 bits per heavy atom. The van der Waals surface area contributed by atoms with Gasteiger partial charge in [-0.2, -0.15) is 0 Å². The third kappa shape index (κ3) is 3.27. The van der Waals surface area contributed by atoms with E-state index >= 15 is 0 Å². The van der Waals surface area contributed by atoms with Crippen molar-refractivity contribution >= 4 is 27.5 Å². The van der Waals surface area contributed by atoms with E-state index in [9.17, 15) is 0 Å². The van der Waals surface area contributed by atoms with Crippen molar-refractivity contribution in [2.75, 3.05) is 0 Å². The van der Waals surface area contributed by atoms with Gasteiger partial charge in [0.15, 0.2) is 0 Å². The number of ether oxygens (including phenoxy) is 1. The van der Waals surface area contributed by atoms with Gasteiger partial charge in [0.2, 0.25) is 0 Å². The minimum atomic E-state index is 0.533. The Morgan fingerprint density at radius 3 is 2.67 bits per heavy atom. The molecule has 0 atom stereocenters. The summed E-state index contributed by atoms with van der Waals surface area (Å²) in [6.07, 6.45) is 0. The minimum Gasteiger partial charge on any atom is -0.487 e. The van der Waals surface area contributed by atoms with Gasteiger partial charge in [-0.3, -0.25) is 0 Å². The first-order valence-electron chi connectivity index (χ1n) is 5.72. The summed E-state index contributed by atoms with van der Waals surface area (Å²) in [6, 6.07) is 14.1. The Kier molecular flexibility index (Phi) is 4.67. The number of halogens is 2. The monoisotopic (exact) mass is 324 g/mol. The van der Waals surface area contributed by atoms with E-state index in [2.05, 4.69) is 41.1 Å². The van der Waals surface area contributed by atoms with E-state index in [1.54, 1.807) is 0 Å². The van der Waals surface area contributed by atoms with E-state index in [-0.39, 0.29) is 0 Å². The smallest absolute Gasteiger partial charge is 0.142 e. The maximum absolute atomic E-state index is 6.16. The van der Waals surface area contributed by atoms with Crippen molar-refractivity contribution < 1.29 is 4.74 Å². The summed E-state index contributed by atoms with van der Waals surface area (Å²) in [6.45, 7) is 2.61. The van der Waals surface area contributed by atoms with Crippen molar-refractivity contribution in [3.05, 3.63) is 64.2 Å². The zero-order chi connectivity index (χ0) is 13.0. The van der Waals surface area contributed by atoms with E-state index in [4.69, 9.17) is 16.3 Å². The Morgan fingerprint density at radius 1 is 1.17 bits per heavy atom. The number of aryl methyl sites for hydroxylation is 1. The molecular formula is C15H14BrClO. The third-order valence-electron chi connectivity index (χ3n) is 2.66. The molecule has 0 aromatic heterocycles. The van der Waals surface area contributed by atoms with Crippen LogP contribution in [0.15, 0.2) is 42.5 Å². The fourth-order valence-corrected chi connectivity index (χ4v) is 2.47. The topological polar surface area (TPSA) is 9.23 Å². The van der Waals surface area contributed by atoms with Gasteiger partial charge in [-0.1, -0.05) is 69.5 Å². The highest BCUT2D eigenvalue weighted by molar-refractivity contribution is 9.08. The number of alkyl halides is 1. The maximum Gasteiger partial charge on any atom is 0.142 e. The van der Waals surface area contributed by atoms with Crippen LogP contribution in [0, 0.1) is 6.92 Å². The molecule has 0 radical (unpaired) electrons. The SMILES string of the molecule is Cc1cccc(COc2c(Cl)cccc2CBr)c1. The van der Waals surface area contributed by atoms with Crippen LogP contribution in [0.5, 0.6) is 5.75 Å². The zero-order valence-electron chi connectivity index (χ0n) is 10.1. The molecule has 3 heteroatoms. The second kappa shape index (κ2) is 6.26. The molecule has 0 fully saturated rings. The molecular weight excluding hydrogens is 312 g/mol. The van der Waals surface area contributed by atoms with E-state index in [0.29, 0.717) is 11.6 Å². The summed E-state index contributed by atoms with van der Waals surface area (Å²) in [5.41, 5.74) is 3.45. The molecule has 0 bridgehead atoms. The molecule has 0 aliphatic carbocycles. The molecule has 2 rings (SSSR count). The predicted octanol–water partition coefficient (Wildman–Crippen LogP) is 5.12. The average molecular weight is 326 g/mol. The molecule has 0 N–H and O–H groups in total. The van der Waals surface area contributed by atoms with Gasteiger partial charge in [-0.05, 0) is 18.6 Å². The molecule has 2 aromatic rings. The minimum absolute atomic E-state index is 0.533. The van der Waals surface area contributed by atoms with Gasteiger partial charge < -0.3 is 4.74 Å². The first-order valence-corrected chi connectivity index (χ1v) is 7.22. The van der Waals surface area contributed by atoms with Gasteiger partial charge in [-0.25, -0.2) is 0 Å². The Bertz CT molecular complexity index is 540. The van der Waals surface area contributed by atoms with Crippen LogP contribution in [0.3, 0.4) is 0 Å².